The minimum atomic E-state index is -0.620. The Morgan fingerprint density at radius 3 is 2.52 bits per heavy atom. The summed E-state index contributed by atoms with van der Waals surface area (Å²) < 4.78 is 5.48. The van der Waals surface area contributed by atoms with Crippen LogP contribution in [0, 0.1) is 21.4 Å². The highest BCUT2D eigenvalue weighted by atomic mass is 16.6. The second-order valence-corrected chi connectivity index (χ2v) is 6.58. The predicted molar refractivity (Wildman–Crippen MR) is 115 cm³/mol. The summed E-state index contributed by atoms with van der Waals surface area (Å²) in [5.41, 5.74) is 2.29. The molecule has 0 unspecified atom stereocenters. The van der Waals surface area contributed by atoms with E-state index in [0.717, 1.165) is 10.9 Å². The number of anilines is 1. The lowest BCUT2D eigenvalue weighted by Crippen LogP contribution is -2.13. The molecular formula is C23H14N4O4. The number of aromatic nitrogens is 1. The van der Waals surface area contributed by atoms with Crippen LogP contribution in [0.2, 0.25) is 0 Å². The zero-order valence-corrected chi connectivity index (χ0v) is 16.0. The maximum atomic E-state index is 12.5. The molecule has 0 bridgehead atoms. The van der Waals surface area contributed by atoms with Gasteiger partial charge in [0.25, 0.3) is 11.6 Å². The van der Waals surface area contributed by atoms with Crippen LogP contribution < -0.4 is 5.32 Å². The summed E-state index contributed by atoms with van der Waals surface area (Å²) in [6, 6.07) is 22.0. The molecule has 0 aliphatic heterocycles. The van der Waals surface area contributed by atoms with Crippen molar-refractivity contribution in [1.29, 1.82) is 5.26 Å². The van der Waals surface area contributed by atoms with E-state index in [1.165, 1.54) is 30.3 Å². The van der Waals surface area contributed by atoms with Crippen LogP contribution >= 0.6 is 0 Å². The topological polar surface area (TPSA) is 122 Å². The molecule has 0 spiro atoms. The summed E-state index contributed by atoms with van der Waals surface area (Å²) in [5.74, 6) is -0.0234. The fourth-order valence-electron chi connectivity index (χ4n) is 3.03. The summed E-state index contributed by atoms with van der Waals surface area (Å²) in [4.78, 5) is 22.7. The largest absolute Gasteiger partial charge is 0.355 e. The Balaban J connectivity index is 1.62. The molecule has 0 aliphatic rings. The number of rotatable bonds is 5. The Morgan fingerprint density at radius 2 is 1.84 bits per heavy atom. The smallest absolute Gasteiger partial charge is 0.269 e. The number of hydrogen-bond donors (Lipinski definition) is 1. The number of hydrogen-bond acceptors (Lipinski definition) is 6. The van der Waals surface area contributed by atoms with Gasteiger partial charge < -0.3 is 9.84 Å². The molecule has 0 radical (unpaired) electrons. The molecule has 1 N–H and O–H groups in total. The minimum absolute atomic E-state index is 0.0923. The van der Waals surface area contributed by atoms with Crippen LogP contribution in [0.5, 0.6) is 0 Å². The average Bonchev–Trinajstić information content (AvgIpc) is 3.21. The number of nitriles is 1. The van der Waals surface area contributed by atoms with Crippen molar-refractivity contribution in [3.8, 4) is 17.4 Å². The molecule has 31 heavy (non-hydrogen) atoms. The van der Waals surface area contributed by atoms with Gasteiger partial charge in [-0.15, -0.1) is 0 Å². The fourth-order valence-corrected chi connectivity index (χ4v) is 3.03. The lowest BCUT2D eigenvalue weighted by Gasteiger charge is -2.04. The van der Waals surface area contributed by atoms with Crippen LogP contribution in [0.1, 0.15) is 5.56 Å². The number of non-ortho nitro benzene ring substituents is 1. The summed E-state index contributed by atoms with van der Waals surface area (Å²) in [5, 5.41) is 27.6. The summed E-state index contributed by atoms with van der Waals surface area (Å²) in [6.45, 7) is 0. The van der Waals surface area contributed by atoms with Gasteiger partial charge in [0.2, 0.25) is 0 Å². The van der Waals surface area contributed by atoms with E-state index in [1.807, 2.05) is 36.4 Å². The molecule has 0 saturated heterocycles. The molecule has 0 aliphatic carbocycles. The van der Waals surface area contributed by atoms with E-state index in [4.69, 9.17) is 4.52 Å². The zero-order chi connectivity index (χ0) is 21.8. The Hall–Kier alpha value is -4.77. The van der Waals surface area contributed by atoms with Crippen molar-refractivity contribution in [2.24, 2.45) is 0 Å². The van der Waals surface area contributed by atoms with E-state index < -0.39 is 10.8 Å². The molecule has 8 heteroatoms. The number of nitrogens with zero attached hydrogens (tertiary/aromatic N) is 3. The lowest BCUT2D eigenvalue weighted by molar-refractivity contribution is -0.384. The van der Waals surface area contributed by atoms with Gasteiger partial charge in [-0.05, 0) is 35.9 Å². The van der Waals surface area contributed by atoms with Crippen LogP contribution in [0.4, 0.5) is 11.4 Å². The van der Waals surface area contributed by atoms with Gasteiger partial charge in [0.05, 0.1) is 10.3 Å². The number of nitro benzene ring substituents is 1. The Morgan fingerprint density at radius 1 is 1.10 bits per heavy atom. The first-order valence-corrected chi connectivity index (χ1v) is 9.17. The van der Waals surface area contributed by atoms with Crippen molar-refractivity contribution in [3.63, 3.8) is 0 Å². The summed E-state index contributed by atoms with van der Waals surface area (Å²) in [7, 11) is 0. The van der Waals surface area contributed by atoms with Crippen molar-refractivity contribution in [1.82, 2.24) is 5.16 Å². The van der Waals surface area contributed by atoms with Crippen LogP contribution in [0.15, 0.2) is 82.9 Å². The Bertz CT molecular complexity index is 1350. The van der Waals surface area contributed by atoms with Crippen LogP contribution in [0.25, 0.3) is 28.3 Å². The third-order valence-electron chi connectivity index (χ3n) is 4.55. The minimum Gasteiger partial charge on any atom is -0.355 e. The molecule has 1 heterocycles. The van der Waals surface area contributed by atoms with Crippen molar-refractivity contribution in [2.75, 3.05) is 5.32 Å². The average molecular weight is 410 g/mol. The van der Waals surface area contributed by atoms with Crippen LogP contribution in [-0.2, 0) is 4.79 Å². The molecule has 3 aromatic carbocycles. The highest BCUT2D eigenvalue weighted by molar-refractivity contribution is 6.10. The van der Waals surface area contributed by atoms with E-state index >= 15 is 0 Å². The maximum absolute atomic E-state index is 12.5. The van der Waals surface area contributed by atoms with Crippen molar-refractivity contribution in [3.05, 3.63) is 94.0 Å². The lowest BCUT2D eigenvalue weighted by atomic mass is 10.0. The zero-order valence-electron chi connectivity index (χ0n) is 16.0. The predicted octanol–water partition coefficient (Wildman–Crippen LogP) is 4.95. The van der Waals surface area contributed by atoms with Gasteiger partial charge in [0.15, 0.2) is 5.76 Å². The van der Waals surface area contributed by atoms with Gasteiger partial charge in [-0.3, -0.25) is 14.9 Å². The molecule has 1 amide bonds. The molecule has 4 aromatic rings. The quantitative estimate of drug-likeness (QED) is 0.215. The highest BCUT2D eigenvalue weighted by Gasteiger charge is 2.14. The van der Waals surface area contributed by atoms with Gasteiger partial charge in [0, 0.05) is 23.4 Å². The van der Waals surface area contributed by atoms with E-state index in [9.17, 15) is 20.2 Å². The monoisotopic (exact) mass is 410 g/mol. The first-order valence-electron chi connectivity index (χ1n) is 9.17. The van der Waals surface area contributed by atoms with E-state index in [-0.39, 0.29) is 11.3 Å². The highest BCUT2D eigenvalue weighted by Crippen LogP contribution is 2.29. The third-order valence-corrected chi connectivity index (χ3v) is 4.55. The van der Waals surface area contributed by atoms with Crippen LogP contribution in [-0.4, -0.2) is 16.0 Å². The number of nitrogens with one attached hydrogen (secondary N) is 1. The van der Waals surface area contributed by atoms with E-state index in [2.05, 4.69) is 10.5 Å². The molecule has 8 nitrogen and oxygen atoms in total. The molecule has 0 fully saturated rings. The van der Waals surface area contributed by atoms with Crippen molar-refractivity contribution in [2.45, 2.75) is 0 Å². The fraction of sp³-hybridized carbons (Fsp3) is 0. The molecular weight excluding hydrogens is 396 g/mol. The molecule has 1 aromatic heterocycles. The van der Waals surface area contributed by atoms with Gasteiger partial charge in [-0.2, -0.15) is 5.26 Å². The summed E-state index contributed by atoms with van der Waals surface area (Å²) >= 11 is 0. The number of benzene rings is 3. The van der Waals surface area contributed by atoms with Crippen molar-refractivity contribution < 1.29 is 14.2 Å². The van der Waals surface area contributed by atoms with Gasteiger partial charge in [-0.1, -0.05) is 41.6 Å². The second kappa shape index (κ2) is 8.31. The molecule has 0 atom stereocenters. The maximum Gasteiger partial charge on any atom is 0.269 e. The standard InChI is InChI=1S/C23H14N4O4/c24-14-17(23(28)25-18-7-9-19(10-8-18)27(29)30)12-15-6-11-21-20(13-15)22(31-26-21)16-4-2-1-3-5-16/h1-13H,(H,25,28)/b17-12+. The third kappa shape index (κ3) is 4.16. The number of nitro groups is 1. The number of fused-ring (bicyclic) bond motifs is 1. The molecule has 150 valence electrons. The second-order valence-electron chi connectivity index (χ2n) is 6.58. The number of carbonyl (C=O) groups is 1. The Kier molecular flexibility index (Phi) is 5.24. The normalized spacial score (nSPS) is 11.1. The Labute approximate surface area is 176 Å². The molecule has 0 saturated carbocycles. The van der Waals surface area contributed by atoms with E-state index in [0.29, 0.717) is 22.5 Å². The number of carbonyl (C=O) groups excluding carboxylic acids is 1. The van der Waals surface area contributed by atoms with Crippen LogP contribution in [0.3, 0.4) is 0 Å². The SMILES string of the molecule is N#C/C(=C\c1ccc2noc(-c3ccccc3)c2c1)C(=O)Nc1ccc([N+](=O)[O-])cc1. The van der Waals surface area contributed by atoms with Gasteiger partial charge in [0.1, 0.15) is 17.2 Å². The first-order chi connectivity index (χ1) is 15.0. The van der Waals surface area contributed by atoms with E-state index in [1.54, 1.807) is 18.2 Å². The van der Waals surface area contributed by atoms with Gasteiger partial charge >= 0.3 is 0 Å². The van der Waals surface area contributed by atoms with Crippen molar-refractivity contribution >= 4 is 34.3 Å². The van der Waals surface area contributed by atoms with Gasteiger partial charge in [-0.25, -0.2) is 0 Å². The first kappa shape index (κ1) is 19.5. The number of amides is 1. The molecule has 4 rings (SSSR count). The summed E-state index contributed by atoms with van der Waals surface area (Å²) in [6.07, 6.45) is 1.46.